The SMILES string of the molecule is COC(=O)[C@H](Cc1c[nH]c2ccccc12)NC[C@H](CC(C)C)NC(=O)OCc1ccccc1. The molecule has 0 aliphatic rings. The molecule has 0 aliphatic carbocycles. The lowest BCUT2D eigenvalue weighted by Gasteiger charge is -2.24. The van der Waals surface area contributed by atoms with E-state index in [9.17, 15) is 9.59 Å². The third-order valence-corrected chi connectivity index (χ3v) is 5.49. The molecule has 0 saturated carbocycles. The van der Waals surface area contributed by atoms with Gasteiger partial charge in [-0.15, -0.1) is 0 Å². The van der Waals surface area contributed by atoms with Crippen molar-refractivity contribution in [2.24, 2.45) is 5.92 Å². The summed E-state index contributed by atoms with van der Waals surface area (Å²) in [5, 5.41) is 7.32. The van der Waals surface area contributed by atoms with E-state index in [1.807, 2.05) is 60.8 Å². The van der Waals surface area contributed by atoms with Crippen LogP contribution in [-0.2, 0) is 27.3 Å². The van der Waals surface area contributed by atoms with Crippen LogP contribution in [0.3, 0.4) is 0 Å². The van der Waals surface area contributed by atoms with Gasteiger partial charge >= 0.3 is 12.1 Å². The third-order valence-electron chi connectivity index (χ3n) is 5.49. The summed E-state index contributed by atoms with van der Waals surface area (Å²) in [5.41, 5.74) is 2.98. The van der Waals surface area contributed by atoms with Crippen molar-refractivity contribution in [2.75, 3.05) is 13.7 Å². The van der Waals surface area contributed by atoms with Crippen LogP contribution in [0, 0.1) is 5.92 Å². The Morgan fingerprint density at radius 1 is 1.03 bits per heavy atom. The van der Waals surface area contributed by atoms with Gasteiger partial charge in [0.25, 0.3) is 0 Å². The van der Waals surface area contributed by atoms with Gasteiger partial charge in [0.2, 0.25) is 0 Å². The molecular formula is C26H33N3O4. The molecule has 3 aromatic rings. The first-order valence-corrected chi connectivity index (χ1v) is 11.3. The Morgan fingerprint density at radius 3 is 2.48 bits per heavy atom. The summed E-state index contributed by atoms with van der Waals surface area (Å²) in [6.45, 7) is 4.81. The molecule has 0 saturated heterocycles. The van der Waals surface area contributed by atoms with E-state index in [-0.39, 0.29) is 18.6 Å². The van der Waals surface area contributed by atoms with E-state index >= 15 is 0 Å². The number of benzene rings is 2. The van der Waals surface area contributed by atoms with E-state index in [1.165, 1.54) is 7.11 Å². The Bertz CT molecular complexity index is 1030. The molecular weight excluding hydrogens is 418 g/mol. The first-order valence-electron chi connectivity index (χ1n) is 11.3. The van der Waals surface area contributed by atoms with Crippen LogP contribution in [0.5, 0.6) is 0 Å². The van der Waals surface area contributed by atoms with Gasteiger partial charge in [-0.3, -0.25) is 4.79 Å². The van der Waals surface area contributed by atoms with Gasteiger partial charge in [-0.2, -0.15) is 0 Å². The van der Waals surface area contributed by atoms with E-state index in [0.717, 1.165) is 28.5 Å². The number of hydrogen-bond acceptors (Lipinski definition) is 5. The molecule has 2 atom stereocenters. The van der Waals surface area contributed by atoms with E-state index in [0.29, 0.717) is 18.9 Å². The molecule has 176 valence electrons. The van der Waals surface area contributed by atoms with Crippen LogP contribution in [0.4, 0.5) is 4.79 Å². The monoisotopic (exact) mass is 451 g/mol. The van der Waals surface area contributed by atoms with Gasteiger partial charge in [-0.05, 0) is 29.5 Å². The molecule has 3 rings (SSSR count). The highest BCUT2D eigenvalue weighted by atomic mass is 16.5. The van der Waals surface area contributed by atoms with Crippen molar-refractivity contribution in [2.45, 2.75) is 45.4 Å². The molecule has 1 heterocycles. The number of aromatic nitrogens is 1. The van der Waals surface area contributed by atoms with Crippen LogP contribution < -0.4 is 10.6 Å². The lowest BCUT2D eigenvalue weighted by atomic mass is 10.0. The zero-order valence-corrected chi connectivity index (χ0v) is 19.5. The molecule has 33 heavy (non-hydrogen) atoms. The number of para-hydroxylation sites is 1. The Labute approximate surface area is 194 Å². The molecule has 0 radical (unpaired) electrons. The van der Waals surface area contributed by atoms with Crippen molar-refractivity contribution in [3.63, 3.8) is 0 Å². The first-order chi connectivity index (χ1) is 16.0. The minimum Gasteiger partial charge on any atom is -0.468 e. The molecule has 1 amide bonds. The van der Waals surface area contributed by atoms with Crippen molar-refractivity contribution < 1.29 is 19.1 Å². The lowest BCUT2D eigenvalue weighted by Crippen LogP contribution is -2.48. The average Bonchev–Trinajstić information content (AvgIpc) is 3.23. The number of methoxy groups -OCH3 is 1. The number of carbonyl (C=O) groups is 2. The van der Waals surface area contributed by atoms with Crippen LogP contribution in [-0.4, -0.2) is 42.8 Å². The summed E-state index contributed by atoms with van der Waals surface area (Å²) in [6, 6.07) is 16.8. The second-order valence-electron chi connectivity index (χ2n) is 8.58. The zero-order chi connectivity index (χ0) is 23.6. The highest BCUT2D eigenvalue weighted by Gasteiger charge is 2.23. The van der Waals surface area contributed by atoms with E-state index in [4.69, 9.17) is 9.47 Å². The van der Waals surface area contributed by atoms with Gasteiger partial charge in [-0.1, -0.05) is 62.4 Å². The second-order valence-corrected chi connectivity index (χ2v) is 8.58. The lowest BCUT2D eigenvalue weighted by molar-refractivity contribution is -0.143. The normalized spacial score (nSPS) is 13.0. The summed E-state index contributed by atoms with van der Waals surface area (Å²) < 4.78 is 10.4. The van der Waals surface area contributed by atoms with E-state index < -0.39 is 12.1 Å². The number of alkyl carbamates (subject to hydrolysis) is 1. The number of fused-ring (bicyclic) bond motifs is 1. The summed E-state index contributed by atoms with van der Waals surface area (Å²) in [7, 11) is 1.39. The number of ether oxygens (including phenoxy) is 2. The Balaban J connectivity index is 1.61. The standard InChI is InChI=1S/C26H33N3O4/c1-18(2)13-21(29-26(31)33-17-19-9-5-4-6-10-19)16-28-24(25(30)32-3)14-20-15-27-23-12-8-7-11-22(20)23/h4-12,15,18,21,24,27-28H,13-14,16-17H2,1-3H3,(H,29,31)/t21-,24-/m0/s1. The predicted molar refractivity (Wildman–Crippen MR) is 129 cm³/mol. The number of hydrogen-bond donors (Lipinski definition) is 3. The maximum absolute atomic E-state index is 12.5. The maximum atomic E-state index is 12.5. The van der Waals surface area contributed by atoms with Crippen molar-refractivity contribution in [3.8, 4) is 0 Å². The van der Waals surface area contributed by atoms with Gasteiger partial charge in [0.1, 0.15) is 12.6 Å². The van der Waals surface area contributed by atoms with E-state index in [1.54, 1.807) is 0 Å². The van der Waals surface area contributed by atoms with Gasteiger partial charge in [0.05, 0.1) is 7.11 Å². The number of carbonyl (C=O) groups excluding carboxylic acids is 2. The largest absolute Gasteiger partial charge is 0.468 e. The minimum absolute atomic E-state index is 0.191. The summed E-state index contributed by atoms with van der Waals surface area (Å²) >= 11 is 0. The van der Waals surface area contributed by atoms with Crippen molar-refractivity contribution >= 4 is 23.0 Å². The number of aromatic amines is 1. The molecule has 1 aromatic heterocycles. The molecule has 3 N–H and O–H groups in total. The van der Waals surface area contributed by atoms with Crippen molar-refractivity contribution in [1.82, 2.24) is 15.6 Å². The molecule has 2 aromatic carbocycles. The molecule has 7 heteroatoms. The third kappa shape index (κ3) is 7.36. The fourth-order valence-electron chi connectivity index (χ4n) is 3.88. The van der Waals surface area contributed by atoms with Crippen LogP contribution in [0.25, 0.3) is 10.9 Å². The fraction of sp³-hybridized carbons (Fsp3) is 0.385. The molecule has 0 spiro atoms. The number of amides is 1. The maximum Gasteiger partial charge on any atom is 0.407 e. The minimum atomic E-state index is -0.536. The highest BCUT2D eigenvalue weighted by molar-refractivity contribution is 5.84. The summed E-state index contributed by atoms with van der Waals surface area (Å²) in [6.07, 6.45) is 2.67. The Hall–Kier alpha value is -3.32. The Morgan fingerprint density at radius 2 is 1.76 bits per heavy atom. The average molecular weight is 452 g/mol. The molecule has 0 fully saturated rings. The molecule has 7 nitrogen and oxygen atoms in total. The topological polar surface area (TPSA) is 92.5 Å². The van der Waals surface area contributed by atoms with Crippen LogP contribution in [0.15, 0.2) is 60.8 Å². The van der Waals surface area contributed by atoms with Crippen molar-refractivity contribution in [1.29, 1.82) is 0 Å². The smallest absolute Gasteiger partial charge is 0.407 e. The van der Waals surface area contributed by atoms with Gasteiger partial charge in [-0.25, -0.2) is 4.79 Å². The number of nitrogens with one attached hydrogen (secondary N) is 3. The highest BCUT2D eigenvalue weighted by Crippen LogP contribution is 2.19. The van der Waals surface area contributed by atoms with Crippen LogP contribution in [0.1, 0.15) is 31.4 Å². The number of H-pyrrole nitrogens is 1. The van der Waals surface area contributed by atoms with E-state index in [2.05, 4.69) is 29.5 Å². The van der Waals surface area contributed by atoms with Crippen molar-refractivity contribution in [3.05, 3.63) is 71.9 Å². The Kier molecular flexibility index (Phi) is 8.89. The summed E-state index contributed by atoms with van der Waals surface area (Å²) in [5.74, 6) is 0.0200. The van der Waals surface area contributed by atoms with Gasteiger partial charge in [0, 0.05) is 36.1 Å². The number of esters is 1. The van der Waals surface area contributed by atoms with Crippen LogP contribution >= 0.6 is 0 Å². The van der Waals surface area contributed by atoms with Gasteiger partial charge < -0.3 is 25.1 Å². The first kappa shape index (κ1) is 24.3. The van der Waals surface area contributed by atoms with Crippen LogP contribution in [0.2, 0.25) is 0 Å². The molecule has 0 aliphatic heterocycles. The number of rotatable bonds is 11. The second kappa shape index (κ2) is 12.1. The fourth-order valence-corrected chi connectivity index (χ4v) is 3.88. The van der Waals surface area contributed by atoms with Gasteiger partial charge in [0.15, 0.2) is 0 Å². The quantitative estimate of drug-likeness (QED) is 0.380. The summed E-state index contributed by atoms with van der Waals surface area (Å²) in [4.78, 5) is 28.1. The molecule has 0 bridgehead atoms. The zero-order valence-electron chi connectivity index (χ0n) is 19.5. The predicted octanol–water partition coefficient (Wildman–Crippen LogP) is 4.18. The molecule has 0 unspecified atom stereocenters.